The number of aromatic nitrogens is 2. The summed E-state index contributed by atoms with van der Waals surface area (Å²) in [5.41, 5.74) is 2.09. The highest BCUT2D eigenvalue weighted by molar-refractivity contribution is 7.98. The zero-order valence-electron chi connectivity index (χ0n) is 14.3. The molecule has 0 unspecified atom stereocenters. The summed E-state index contributed by atoms with van der Waals surface area (Å²) < 4.78 is 2.24. The van der Waals surface area contributed by atoms with Gasteiger partial charge in [-0.1, -0.05) is 20.8 Å². The van der Waals surface area contributed by atoms with Crippen LogP contribution in [0.25, 0.3) is 11.0 Å². The lowest BCUT2D eigenvalue weighted by molar-refractivity contribution is -0.120. The average molecular weight is 331 g/mol. The fourth-order valence-corrected chi connectivity index (χ4v) is 3.26. The van der Waals surface area contributed by atoms with Gasteiger partial charge in [0.15, 0.2) is 0 Å². The Morgan fingerprint density at radius 1 is 1.35 bits per heavy atom. The van der Waals surface area contributed by atoms with E-state index in [4.69, 9.17) is 4.98 Å². The zero-order chi connectivity index (χ0) is 16.6. The Hall–Kier alpha value is -1.49. The number of hydrogen-bond acceptors (Lipinski definition) is 3. The van der Waals surface area contributed by atoms with Crippen LogP contribution in [0.2, 0.25) is 0 Å². The molecule has 5 heteroatoms. The van der Waals surface area contributed by atoms with Crippen molar-refractivity contribution in [3.8, 4) is 0 Å². The van der Waals surface area contributed by atoms with Crippen LogP contribution in [0.1, 0.15) is 46.1 Å². The Kier molecular flexibility index (Phi) is 4.67. The van der Waals surface area contributed by atoms with Crippen LogP contribution in [0.3, 0.4) is 0 Å². The molecule has 1 aliphatic carbocycles. The van der Waals surface area contributed by atoms with Crippen LogP contribution in [0.15, 0.2) is 23.1 Å². The molecule has 0 bridgehead atoms. The van der Waals surface area contributed by atoms with Crippen molar-refractivity contribution in [1.29, 1.82) is 0 Å². The van der Waals surface area contributed by atoms with Gasteiger partial charge in [0.2, 0.25) is 11.9 Å². The SMILES string of the molecule is CSc1ccc2nc(NC(=O)[C@@H](C)C(C)C)n(C3CCC3)c2c1. The van der Waals surface area contributed by atoms with Gasteiger partial charge >= 0.3 is 0 Å². The molecule has 4 nitrogen and oxygen atoms in total. The summed E-state index contributed by atoms with van der Waals surface area (Å²) in [6.45, 7) is 6.12. The highest BCUT2D eigenvalue weighted by Crippen LogP contribution is 2.38. The van der Waals surface area contributed by atoms with Gasteiger partial charge < -0.3 is 4.57 Å². The molecule has 1 N–H and O–H groups in total. The van der Waals surface area contributed by atoms with Crippen molar-refractivity contribution >= 4 is 34.7 Å². The number of nitrogens with zero attached hydrogens (tertiary/aromatic N) is 2. The number of hydrogen-bond donors (Lipinski definition) is 1. The number of anilines is 1. The van der Waals surface area contributed by atoms with E-state index in [0.717, 1.165) is 23.9 Å². The van der Waals surface area contributed by atoms with E-state index in [9.17, 15) is 4.79 Å². The first kappa shape index (κ1) is 16.4. The van der Waals surface area contributed by atoms with Gasteiger partial charge in [-0.05, 0) is 49.6 Å². The number of rotatable bonds is 5. The molecule has 0 saturated heterocycles. The van der Waals surface area contributed by atoms with E-state index >= 15 is 0 Å². The Morgan fingerprint density at radius 2 is 2.09 bits per heavy atom. The van der Waals surface area contributed by atoms with Gasteiger partial charge in [0.1, 0.15) is 0 Å². The van der Waals surface area contributed by atoms with Crippen molar-refractivity contribution in [3.05, 3.63) is 18.2 Å². The first-order chi connectivity index (χ1) is 11.0. The predicted molar refractivity (Wildman–Crippen MR) is 97.0 cm³/mol. The molecule has 2 aromatic rings. The average Bonchev–Trinajstić information content (AvgIpc) is 2.82. The van der Waals surface area contributed by atoms with Crippen LogP contribution in [-0.2, 0) is 4.79 Å². The number of imidazole rings is 1. The Labute approximate surface area is 142 Å². The molecule has 0 radical (unpaired) electrons. The van der Waals surface area contributed by atoms with Crippen LogP contribution in [0.4, 0.5) is 5.95 Å². The quantitative estimate of drug-likeness (QED) is 0.807. The van der Waals surface area contributed by atoms with Gasteiger partial charge in [-0.2, -0.15) is 0 Å². The minimum atomic E-state index is -0.0218. The summed E-state index contributed by atoms with van der Waals surface area (Å²) in [4.78, 5) is 18.4. The highest BCUT2D eigenvalue weighted by atomic mass is 32.2. The molecule has 124 valence electrons. The molecular weight excluding hydrogens is 306 g/mol. The molecule has 3 rings (SSSR count). The topological polar surface area (TPSA) is 46.9 Å². The van der Waals surface area contributed by atoms with Crippen LogP contribution in [0.5, 0.6) is 0 Å². The molecule has 1 amide bonds. The molecule has 23 heavy (non-hydrogen) atoms. The van der Waals surface area contributed by atoms with Crippen molar-refractivity contribution < 1.29 is 4.79 Å². The first-order valence-corrected chi connectivity index (χ1v) is 9.60. The minimum absolute atomic E-state index is 0.0218. The molecule has 1 aromatic heterocycles. The Balaban J connectivity index is 2.00. The van der Waals surface area contributed by atoms with E-state index in [2.05, 4.69) is 48.2 Å². The van der Waals surface area contributed by atoms with Gasteiger partial charge in [-0.15, -0.1) is 11.8 Å². The molecule has 1 aliphatic rings. The summed E-state index contributed by atoms with van der Waals surface area (Å²) >= 11 is 1.73. The maximum absolute atomic E-state index is 12.5. The van der Waals surface area contributed by atoms with E-state index < -0.39 is 0 Å². The summed E-state index contributed by atoms with van der Waals surface area (Å²) in [5.74, 6) is 1.06. The molecule has 1 fully saturated rings. The monoisotopic (exact) mass is 331 g/mol. The summed E-state index contributed by atoms with van der Waals surface area (Å²) in [7, 11) is 0. The standard InChI is InChI=1S/C18H25N3OS/c1-11(2)12(3)17(22)20-18-19-15-9-8-14(23-4)10-16(15)21(18)13-6-5-7-13/h8-13H,5-7H2,1-4H3,(H,19,20,22)/t12-/m0/s1. The van der Waals surface area contributed by atoms with Gasteiger partial charge in [0.05, 0.1) is 11.0 Å². The lowest BCUT2D eigenvalue weighted by atomic mass is 9.92. The number of nitrogens with one attached hydrogen (secondary N) is 1. The molecule has 1 atom stereocenters. The zero-order valence-corrected chi connectivity index (χ0v) is 15.1. The van der Waals surface area contributed by atoms with Gasteiger partial charge in [-0.3, -0.25) is 10.1 Å². The maximum Gasteiger partial charge on any atom is 0.229 e. The third-order valence-corrected chi connectivity index (χ3v) is 5.71. The Bertz CT molecular complexity index is 718. The van der Waals surface area contributed by atoms with Crippen molar-refractivity contribution in [3.63, 3.8) is 0 Å². The predicted octanol–water partition coefficient (Wildman–Crippen LogP) is 4.71. The van der Waals surface area contributed by atoms with E-state index in [1.54, 1.807) is 11.8 Å². The molecule has 1 aromatic carbocycles. The summed E-state index contributed by atoms with van der Waals surface area (Å²) in [6.07, 6.45) is 5.66. The van der Waals surface area contributed by atoms with Crippen molar-refractivity contribution in [1.82, 2.24) is 9.55 Å². The van der Waals surface area contributed by atoms with E-state index in [0.29, 0.717) is 17.9 Å². The van der Waals surface area contributed by atoms with Gasteiger partial charge in [0, 0.05) is 16.9 Å². The Morgan fingerprint density at radius 3 is 2.65 bits per heavy atom. The fraction of sp³-hybridized carbons (Fsp3) is 0.556. The van der Waals surface area contributed by atoms with Crippen LogP contribution >= 0.6 is 11.8 Å². The van der Waals surface area contributed by atoms with Crippen molar-refractivity contribution in [2.24, 2.45) is 11.8 Å². The number of thioether (sulfide) groups is 1. The van der Waals surface area contributed by atoms with Crippen molar-refractivity contribution in [2.45, 2.75) is 51.0 Å². The van der Waals surface area contributed by atoms with Crippen LogP contribution in [-0.4, -0.2) is 21.7 Å². The van der Waals surface area contributed by atoms with Crippen LogP contribution in [0, 0.1) is 11.8 Å². The van der Waals surface area contributed by atoms with E-state index in [-0.39, 0.29) is 11.8 Å². The van der Waals surface area contributed by atoms with Crippen molar-refractivity contribution in [2.75, 3.05) is 11.6 Å². The molecular formula is C18H25N3OS. The number of benzene rings is 1. The van der Waals surface area contributed by atoms with Crippen LogP contribution < -0.4 is 5.32 Å². The highest BCUT2D eigenvalue weighted by Gasteiger charge is 2.27. The first-order valence-electron chi connectivity index (χ1n) is 8.38. The summed E-state index contributed by atoms with van der Waals surface area (Å²) in [6, 6.07) is 6.79. The normalized spacial score (nSPS) is 16.6. The number of carbonyl (C=O) groups excluding carboxylic acids is 1. The third kappa shape index (κ3) is 3.11. The molecule has 1 saturated carbocycles. The maximum atomic E-state index is 12.5. The van der Waals surface area contributed by atoms with Gasteiger partial charge in [0.25, 0.3) is 0 Å². The summed E-state index contributed by atoms with van der Waals surface area (Å²) in [5, 5.41) is 3.07. The second-order valence-corrected chi connectivity index (χ2v) is 7.65. The van der Waals surface area contributed by atoms with E-state index in [1.165, 1.54) is 11.3 Å². The molecule has 1 heterocycles. The lowest BCUT2D eigenvalue weighted by Gasteiger charge is -2.29. The number of fused-ring (bicyclic) bond motifs is 1. The minimum Gasteiger partial charge on any atom is -0.307 e. The second-order valence-electron chi connectivity index (χ2n) is 6.77. The second kappa shape index (κ2) is 6.56. The largest absolute Gasteiger partial charge is 0.307 e. The number of carbonyl (C=O) groups is 1. The molecule has 0 aliphatic heterocycles. The van der Waals surface area contributed by atoms with E-state index in [1.807, 2.05) is 6.92 Å². The van der Waals surface area contributed by atoms with Gasteiger partial charge in [-0.25, -0.2) is 4.98 Å². The molecule has 0 spiro atoms. The number of amides is 1. The fourth-order valence-electron chi connectivity index (χ4n) is 2.83. The third-order valence-electron chi connectivity index (χ3n) is 4.99. The lowest BCUT2D eigenvalue weighted by Crippen LogP contribution is -2.27. The smallest absolute Gasteiger partial charge is 0.229 e.